The van der Waals surface area contributed by atoms with Gasteiger partial charge in [0.25, 0.3) is 0 Å². The van der Waals surface area contributed by atoms with E-state index < -0.39 is 0 Å². The van der Waals surface area contributed by atoms with E-state index in [1.807, 2.05) is 18.2 Å². The molecular formula is C17H26O3. The molecule has 0 amide bonds. The van der Waals surface area contributed by atoms with Crippen molar-refractivity contribution in [2.45, 2.75) is 45.1 Å². The molecule has 1 aliphatic rings. The van der Waals surface area contributed by atoms with Crippen LogP contribution in [0.15, 0.2) is 18.2 Å². The second-order valence-corrected chi connectivity index (χ2v) is 5.99. The molecule has 3 heteroatoms. The molecule has 0 bridgehead atoms. The fraction of sp³-hybridized carbons (Fsp3) is 0.647. The van der Waals surface area contributed by atoms with Crippen molar-refractivity contribution in [2.24, 2.45) is 11.8 Å². The molecule has 1 N–H and O–H groups in total. The van der Waals surface area contributed by atoms with E-state index in [0.717, 1.165) is 35.8 Å². The van der Waals surface area contributed by atoms with Gasteiger partial charge in [0.1, 0.15) is 0 Å². The molecule has 0 radical (unpaired) electrons. The minimum absolute atomic E-state index is 0.254. The Balaban J connectivity index is 2.01. The van der Waals surface area contributed by atoms with Crippen LogP contribution in [0.25, 0.3) is 0 Å². The molecule has 1 aromatic rings. The molecule has 1 fully saturated rings. The lowest BCUT2D eigenvalue weighted by Crippen LogP contribution is -2.27. The summed E-state index contributed by atoms with van der Waals surface area (Å²) < 4.78 is 10.6. The molecule has 20 heavy (non-hydrogen) atoms. The van der Waals surface area contributed by atoms with E-state index in [9.17, 15) is 5.11 Å². The molecule has 0 heterocycles. The van der Waals surface area contributed by atoms with Crippen molar-refractivity contribution in [3.63, 3.8) is 0 Å². The van der Waals surface area contributed by atoms with Crippen molar-refractivity contribution in [1.29, 1.82) is 0 Å². The van der Waals surface area contributed by atoms with Crippen LogP contribution in [-0.4, -0.2) is 25.4 Å². The molecule has 0 aromatic heterocycles. The fourth-order valence-electron chi connectivity index (χ4n) is 3.25. The fourth-order valence-corrected chi connectivity index (χ4v) is 3.25. The Morgan fingerprint density at radius 2 is 1.95 bits per heavy atom. The van der Waals surface area contributed by atoms with E-state index in [-0.39, 0.29) is 6.10 Å². The molecule has 0 aliphatic heterocycles. The number of ether oxygens (including phenoxy) is 2. The van der Waals surface area contributed by atoms with Crippen molar-refractivity contribution < 1.29 is 14.6 Å². The van der Waals surface area contributed by atoms with Crippen LogP contribution in [-0.2, 0) is 6.42 Å². The van der Waals surface area contributed by atoms with Gasteiger partial charge in [-0.05, 0) is 48.8 Å². The zero-order valence-corrected chi connectivity index (χ0v) is 12.8. The van der Waals surface area contributed by atoms with Gasteiger partial charge in [-0.25, -0.2) is 0 Å². The largest absolute Gasteiger partial charge is 0.493 e. The highest BCUT2D eigenvalue weighted by atomic mass is 16.5. The highest BCUT2D eigenvalue weighted by molar-refractivity contribution is 5.43. The third-order valence-electron chi connectivity index (χ3n) is 4.41. The second-order valence-electron chi connectivity index (χ2n) is 5.99. The number of aliphatic hydroxyl groups is 1. The van der Waals surface area contributed by atoms with Crippen LogP contribution in [0.2, 0.25) is 0 Å². The van der Waals surface area contributed by atoms with E-state index in [0.29, 0.717) is 12.3 Å². The predicted molar refractivity (Wildman–Crippen MR) is 80.4 cm³/mol. The second kappa shape index (κ2) is 6.98. The van der Waals surface area contributed by atoms with Crippen molar-refractivity contribution >= 4 is 0 Å². The van der Waals surface area contributed by atoms with E-state index in [4.69, 9.17) is 9.47 Å². The molecule has 2 rings (SSSR count). The Morgan fingerprint density at radius 1 is 1.20 bits per heavy atom. The van der Waals surface area contributed by atoms with Crippen LogP contribution in [0.3, 0.4) is 0 Å². The van der Waals surface area contributed by atoms with Crippen LogP contribution >= 0.6 is 0 Å². The van der Waals surface area contributed by atoms with Crippen molar-refractivity contribution in [3.8, 4) is 11.5 Å². The zero-order valence-electron chi connectivity index (χ0n) is 12.8. The van der Waals surface area contributed by atoms with Gasteiger partial charge < -0.3 is 14.6 Å². The maximum Gasteiger partial charge on any atom is 0.160 e. The Morgan fingerprint density at radius 3 is 2.60 bits per heavy atom. The van der Waals surface area contributed by atoms with Gasteiger partial charge in [-0.2, -0.15) is 0 Å². The van der Waals surface area contributed by atoms with Crippen LogP contribution in [0, 0.1) is 11.8 Å². The van der Waals surface area contributed by atoms with Gasteiger partial charge in [-0.3, -0.25) is 0 Å². The highest BCUT2D eigenvalue weighted by Gasteiger charge is 2.25. The summed E-state index contributed by atoms with van der Waals surface area (Å²) in [7, 11) is 3.27. The first kappa shape index (κ1) is 15.2. The normalized spacial score (nSPS) is 24.2. The first-order chi connectivity index (χ1) is 9.63. The smallest absolute Gasteiger partial charge is 0.160 e. The summed E-state index contributed by atoms with van der Waals surface area (Å²) in [5.74, 6) is 2.65. The zero-order chi connectivity index (χ0) is 14.5. The lowest BCUT2D eigenvalue weighted by atomic mass is 9.78. The Hall–Kier alpha value is -1.22. The van der Waals surface area contributed by atoms with Crippen molar-refractivity contribution in [3.05, 3.63) is 23.8 Å². The molecular weight excluding hydrogens is 252 g/mol. The number of aliphatic hydroxyl groups excluding tert-OH is 1. The van der Waals surface area contributed by atoms with Crippen LogP contribution in [0.1, 0.15) is 38.2 Å². The third kappa shape index (κ3) is 3.66. The highest BCUT2D eigenvalue weighted by Crippen LogP contribution is 2.33. The maximum atomic E-state index is 10.5. The topological polar surface area (TPSA) is 38.7 Å². The van der Waals surface area contributed by atoms with Crippen molar-refractivity contribution in [1.82, 2.24) is 0 Å². The molecule has 0 spiro atoms. The van der Waals surface area contributed by atoms with E-state index in [2.05, 4.69) is 6.92 Å². The van der Waals surface area contributed by atoms with Gasteiger partial charge in [0.2, 0.25) is 0 Å². The third-order valence-corrected chi connectivity index (χ3v) is 4.41. The monoisotopic (exact) mass is 278 g/mol. The SMILES string of the molecule is COc1ccc(CC(O)C2CCCC(C)C2)cc1OC. The van der Waals surface area contributed by atoms with Crippen LogP contribution in [0.4, 0.5) is 0 Å². The van der Waals surface area contributed by atoms with E-state index in [1.165, 1.54) is 12.8 Å². The first-order valence-corrected chi connectivity index (χ1v) is 7.53. The van der Waals surface area contributed by atoms with Gasteiger partial charge >= 0.3 is 0 Å². The minimum atomic E-state index is -0.254. The summed E-state index contributed by atoms with van der Waals surface area (Å²) in [5.41, 5.74) is 1.10. The van der Waals surface area contributed by atoms with Crippen molar-refractivity contribution in [2.75, 3.05) is 14.2 Å². The average Bonchev–Trinajstić information content (AvgIpc) is 2.47. The average molecular weight is 278 g/mol. The van der Waals surface area contributed by atoms with E-state index >= 15 is 0 Å². The number of methoxy groups -OCH3 is 2. The lowest BCUT2D eigenvalue weighted by Gasteiger charge is -2.30. The standard InChI is InChI=1S/C17H26O3/c1-12-5-4-6-14(9-12)15(18)10-13-7-8-16(19-2)17(11-13)20-3/h7-8,11-12,14-15,18H,4-6,9-10H2,1-3H3. The van der Waals surface area contributed by atoms with Gasteiger partial charge in [-0.15, -0.1) is 0 Å². The summed E-state index contributed by atoms with van der Waals surface area (Å²) in [6.45, 7) is 2.29. The Kier molecular flexibility index (Phi) is 5.30. The maximum absolute atomic E-state index is 10.5. The Labute approximate surface area is 121 Å². The quantitative estimate of drug-likeness (QED) is 0.896. The lowest BCUT2D eigenvalue weighted by molar-refractivity contribution is 0.0719. The van der Waals surface area contributed by atoms with Crippen LogP contribution < -0.4 is 9.47 Å². The summed E-state index contributed by atoms with van der Waals surface area (Å²) in [5, 5.41) is 10.5. The van der Waals surface area contributed by atoms with Gasteiger partial charge in [0.15, 0.2) is 11.5 Å². The summed E-state index contributed by atoms with van der Waals surface area (Å²) in [6, 6.07) is 5.88. The van der Waals surface area contributed by atoms with Gasteiger partial charge in [-0.1, -0.05) is 25.8 Å². The molecule has 1 saturated carbocycles. The van der Waals surface area contributed by atoms with Crippen LogP contribution in [0.5, 0.6) is 11.5 Å². The first-order valence-electron chi connectivity index (χ1n) is 7.53. The molecule has 112 valence electrons. The van der Waals surface area contributed by atoms with Gasteiger partial charge in [0, 0.05) is 0 Å². The minimum Gasteiger partial charge on any atom is -0.493 e. The molecule has 1 aromatic carbocycles. The number of hydrogen-bond donors (Lipinski definition) is 1. The Bertz CT molecular complexity index is 430. The molecule has 3 nitrogen and oxygen atoms in total. The summed E-state index contributed by atoms with van der Waals surface area (Å²) >= 11 is 0. The van der Waals surface area contributed by atoms with E-state index in [1.54, 1.807) is 14.2 Å². The molecule has 0 saturated heterocycles. The predicted octanol–water partition coefficient (Wildman–Crippen LogP) is 3.43. The summed E-state index contributed by atoms with van der Waals surface area (Å²) in [4.78, 5) is 0. The summed E-state index contributed by atoms with van der Waals surface area (Å²) in [6.07, 6.45) is 5.29. The van der Waals surface area contributed by atoms with Gasteiger partial charge in [0.05, 0.1) is 20.3 Å². The number of rotatable bonds is 5. The molecule has 1 aliphatic carbocycles. The number of benzene rings is 1. The number of hydrogen-bond acceptors (Lipinski definition) is 3. The molecule has 3 unspecified atom stereocenters. The molecule has 3 atom stereocenters.